The van der Waals surface area contributed by atoms with Crippen LogP contribution in [0.4, 0.5) is 5.69 Å². The first-order chi connectivity index (χ1) is 11.0. The fourth-order valence-electron chi connectivity index (χ4n) is 2.30. The number of hydrogen-bond donors (Lipinski definition) is 0. The molecule has 0 heterocycles. The van der Waals surface area contributed by atoms with E-state index in [1.165, 1.54) is 17.7 Å². The zero-order chi connectivity index (χ0) is 16.8. The highest BCUT2D eigenvalue weighted by Crippen LogP contribution is 2.29. The lowest BCUT2D eigenvalue weighted by molar-refractivity contribution is -0.384. The Balaban J connectivity index is 2.06. The smallest absolute Gasteiger partial charge is 0.269 e. The average Bonchev–Trinajstić information content (AvgIpc) is 2.53. The van der Waals surface area contributed by atoms with Crippen LogP contribution in [0.2, 0.25) is 0 Å². The van der Waals surface area contributed by atoms with Gasteiger partial charge >= 0.3 is 0 Å². The van der Waals surface area contributed by atoms with Crippen LogP contribution in [0.15, 0.2) is 42.5 Å². The van der Waals surface area contributed by atoms with Gasteiger partial charge < -0.3 is 9.47 Å². The van der Waals surface area contributed by atoms with E-state index in [9.17, 15) is 10.1 Å². The van der Waals surface area contributed by atoms with Gasteiger partial charge in [0.05, 0.1) is 12.0 Å². The Morgan fingerprint density at radius 3 is 2.26 bits per heavy atom. The summed E-state index contributed by atoms with van der Waals surface area (Å²) in [6.07, 6.45) is 0.985. The zero-order valence-corrected chi connectivity index (χ0v) is 13.6. The number of nitro groups is 1. The van der Waals surface area contributed by atoms with Gasteiger partial charge in [0, 0.05) is 12.1 Å². The Bertz CT molecular complexity index is 665. The zero-order valence-electron chi connectivity index (χ0n) is 13.6. The molecule has 0 saturated heterocycles. The maximum absolute atomic E-state index is 10.6. The van der Waals surface area contributed by atoms with Crippen LogP contribution in [0.5, 0.6) is 11.5 Å². The molecule has 5 heteroatoms. The molecule has 2 aromatic carbocycles. The van der Waals surface area contributed by atoms with E-state index in [0.717, 1.165) is 12.0 Å². The molecule has 0 amide bonds. The van der Waals surface area contributed by atoms with Crippen LogP contribution in [0.25, 0.3) is 0 Å². The minimum absolute atomic E-state index is 0.0735. The summed E-state index contributed by atoms with van der Waals surface area (Å²) in [6.45, 7) is 4.68. The summed E-state index contributed by atoms with van der Waals surface area (Å²) in [5, 5.41) is 10.6. The van der Waals surface area contributed by atoms with Gasteiger partial charge in [0.15, 0.2) is 11.5 Å². The molecule has 0 aliphatic rings. The number of hydrogen-bond acceptors (Lipinski definition) is 4. The molecule has 0 bridgehead atoms. The van der Waals surface area contributed by atoms with Gasteiger partial charge in [-0.05, 0) is 47.7 Å². The summed E-state index contributed by atoms with van der Waals surface area (Å²) in [4.78, 5) is 10.2. The first-order valence-corrected chi connectivity index (χ1v) is 7.52. The second-order valence-corrected chi connectivity index (χ2v) is 5.80. The molecule has 0 saturated carbocycles. The van der Waals surface area contributed by atoms with Crippen molar-refractivity contribution >= 4 is 5.69 Å². The van der Waals surface area contributed by atoms with Gasteiger partial charge in [0.2, 0.25) is 0 Å². The molecule has 0 N–H and O–H groups in total. The van der Waals surface area contributed by atoms with E-state index < -0.39 is 4.92 Å². The molecule has 0 unspecified atom stereocenters. The van der Waals surface area contributed by atoms with Crippen LogP contribution in [0.3, 0.4) is 0 Å². The lowest BCUT2D eigenvalue weighted by atomic mass is 10.0. The number of rotatable bonds is 7. The van der Waals surface area contributed by atoms with Crippen molar-refractivity contribution in [1.82, 2.24) is 0 Å². The summed E-state index contributed by atoms with van der Waals surface area (Å²) >= 11 is 0. The van der Waals surface area contributed by atoms with E-state index >= 15 is 0 Å². The van der Waals surface area contributed by atoms with E-state index in [1.807, 2.05) is 18.2 Å². The number of nitrogens with zero attached hydrogens (tertiary/aromatic N) is 1. The van der Waals surface area contributed by atoms with Crippen molar-refractivity contribution in [3.05, 3.63) is 63.7 Å². The van der Waals surface area contributed by atoms with Crippen molar-refractivity contribution < 1.29 is 14.4 Å². The van der Waals surface area contributed by atoms with Crippen LogP contribution < -0.4 is 9.47 Å². The predicted molar refractivity (Wildman–Crippen MR) is 89.0 cm³/mol. The molecule has 23 heavy (non-hydrogen) atoms. The lowest BCUT2D eigenvalue weighted by Gasteiger charge is -2.13. The summed E-state index contributed by atoms with van der Waals surface area (Å²) in [5.74, 6) is 1.94. The molecule has 0 aliphatic carbocycles. The van der Waals surface area contributed by atoms with Gasteiger partial charge in [-0.3, -0.25) is 10.1 Å². The average molecular weight is 315 g/mol. The molecule has 0 radical (unpaired) electrons. The maximum atomic E-state index is 10.6. The molecule has 0 spiro atoms. The molecular formula is C18H21NO4. The topological polar surface area (TPSA) is 61.6 Å². The first kappa shape index (κ1) is 16.8. The van der Waals surface area contributed by atoms with Gasteiger partial charge in [0.25, 0.3) is 5.69 Å². The normalized spacial score (nSPS) is 10.6. The molecule has 2 rings (SSSR count). The fourth-order valence-corrected chi connectivity index (χ4v) is 2.30. The SMILES string of the molecule is COc1cc(CC(C)C)ccc1OCc1ccc([N+](=O)[O-])cc1. The summed E-state index contributed by atoms with van der Waals surface area (Å²) < 4.78 is 11.2. The van der Waals surface area contributed by atoms with E-state index in [1.54, 1.807) is 19.2 Å². The summed E-state index contributed by atoms with van der Waals surface area (Å²) in [6, 6.07) is 12.3. The van der Waals surface area contributed by atoms with Crippen LogP contribution in [-0.4, -0.2) is 12.0 Å². The Kier molecular flexibility index (Phi) is 5.57. The number of methoxy groups -OCH3 is 1. The van der Waals surface area contributed by atoms with Gasteiger partial charge in [-0.1, -0.05) is 19.9 Å². The third-order valence-corrected chi connectivity index (χ3v) is 3.41. The van der Waals surface area contributed by atoms with Crippen LogP contribution in [-0.2, 0) is 13.0 Å². The lowest BCUT2D eigenvalue weighted by Crippen LogP contribution is -2.00. The van der Waals surface area contributed by atoms with Crippen molar-refractivity contribution in [1.29, 1.82) is 0 Å². The fraction of sp³-hybridized carbons (Fsp3) is 0.333. The Hall–Kier alpha value is -2.56. The molecular weight excluding hydrogens is 294 g/mol. The predicted octanol–water partition coefficient (Wildman–Crippen LogP) is 4.38. The van der Waals surface area contributed by atoms with Gasteiger partial charge in [-0.15, -0.1) is 0 Å². The van der Waals surface area contributed by atoms with E-state index in [-0.39, 0.29) is 5.69 Å². The van der Waals surface area contributed by atoms with Crippen molar-refractivity contribution in [2.24, 2.45) is 5.92 Å². The third-order valence-electron chi connectivity index (χ3n) is 3.41. The minimum atomic E-state index is -0.416. The van der Waals surface area contributed by atoms with Crippen molar-refractivity contribution in [3.8, 4) is 11.5 Å². The third kappa shape index (κ3) is 4.71. The largest absolute Gasteiger partial charge is 0.493 e. The molecule has 0 aliphatic heterocycles. The molecule has 0 aromatic heterocycles. The van der Waals surface area contributed by atoms with Crippen molar-refractivity contribution in [2.45, 2.75) is 26.9 Å². The van der Waals surface area contributed by atoms with Crippen molar-refractivity contribution in [2.75, 3.05) is 7.11 Å². The van der Waals surface area contributed by atoms with Crippen LogP contribution >= 0.6 is 0 Å². The number of ether oxygens (including phenoxy) is 2. The standard InChI is InChI=1S/C18H21NO4/c1-13(2)10-15-6-9-17(18(11-15)22-3)23-12-14-4-7-16(8-5-14)19(20)21/h4-9,11,13H,10,12H2,1-3H3. The summed E-state index contributed by atoms with van der Waals surface area (Å²) in [7, 11) is 1.62. The molecule has 5 nitrogen and oxygen atoms in total. The van der Waals surface area contributed by atoms with Crippen LogP contribution in [0.1, 0.15) is 25.0 Å². The van der Waals surface area contributed by atoms with Gasteiger partial charge in [-0.2, -0.15) is 0 Å². The summed E-state index contributed by atoms with van der Waals surface area (Å²) in [5.41, 5.74) is 2.15. The molecule has 0 fully saturated rings. The highest BCUT2D eigenvalue weighted by molar-refractivity contribution is 5.43. The second kappa shape index (κ2) is 7.63. The van der Waals surface area contributed by atoms with E-state index in [2.05, 4.69) is 13.8 Å². The highest BCUT2D eigenvalue weighted by Gasteiger charge is 2.08. The van der Waals surface area contributed by atoms with Crippen molar-refractivity contribution in [3.63, 3.8) is 0 Å². The monoisotopic (exact) mass is 315 g/mol. The number of non-ortho nitro benzene ring substituents is 1. The minimum Gasteiger partial charge on any atom is -0.493 e. The quantitative estimate of drug-likeness (QED) is 0.562. The Morgan fingerprint density at radius 1 is 1.04 bits per heavy atom. The molecule has 0 atom stereocenters. The maximum Gasteiger partial charge on any atom is 0.269 e. The Morgan fingerprint density at radius 2 is 1.70 bits per heavy atom. The second-order valence-electron chi connectivity index (χ2n) is 5.80. The molecule has 122 valence electrons. The van der Waals surface area contributed by atoms with E-state index in [4.69, 9.17) is 9.47 Å². The highest BCUT2D eigenvalue weighted by atomic mass is 16.6. The van der Waals surface area contributed by atoms with Gasteiger partial charge in [0.1, 0.15) is 6.61 Å². The van der Waals surface area contributed by atoms with Crippen LogP contribution in [0, 0.1) is 16.0 Å². The van der Waals surface area contributed by atoms with Gasteiger partial charge in [-0.25, -0.2) is 0 Å². The Labute approximate surface area is 136 Å². The molecule has 2 aromatic rings. The van der Waals surface area contributed by atoms with E-state index in [0.29, 0.717) is 24.0 Å². The number of benzene rings is 2. The number of nitro benzene ring substituents is 1. The first-order valence-electron chi connectivity index (χ1n) is 7.52.